The largest absolute Gasteiger partial charge is 0.508 e. The standard InChI is InChI=1S/C31H42N2O3/c1-3-18-33-19-17-31(25-14-10-15-27(34)20-25)22-26(21-29(35)28(31)23-33)32(2)30(36)16-9-5-8-13-24-11-6-4-7-12-24/h3-4,6-7,10-12,14-15,20,26,28-29,34-35H,1,5,8-9,13,16-19,21-23H2,2H3/t26-,28-,29?,31-/m0/s1. The maximum atomic E-state index is 13.2. The van der Waals surface area contributed by atoms with E-state index in [1.165, 1.54) is 5.56 Å². The van der Waals surface area contributed by atoms with Crippen molar-refractivity contribution in [2.75, 3.05) is 26.7 Å². The van der Waals surface area contributed by atoms with E-state index < -0.39 is 6.10 Å². The van der Waals surface area contributed by atoms with Crippen LogP contribution in [0.25, 0.3) is 0 Å². The van der Waals surface area contributed by atoms with Crippen molar-refractivity contribution in [3.8, 4) is 5.75 Å². The number of rotatable bonds is 10. The van der Waals surface area contributed by atoms with E-state index in [2.05, 4.69) is 41.8 Å². The van der Waals surface area contributed by atoms with Crippen molar-refractivity contribution in [1.82, 2.24) is 9.80 Å². The molecule has 1 aliphatic heterocycles. The van der Waals surface area contributed by atoms with Crippen LogP contribution in [-0.4, -0.2) is 64.7 Å². The summed E-state index contributed by atoms with van der Waals surface area (Å²) in [4.78, 5) is 17.4. The maximum Gasteiger partial charge on any atom is 0.222 e. The number of aliphatic hydroxyl groups is 1. The first-order chi connectivity index (χ1) is 17.4. The third-order valence-corrected chi connectivity index (χ3v) is 8.57. The predicted octanol–water partition coefficient (Wildman–Crippen LogP) is 4.92. The van der Waals surface area contributed by atoms with Crippen LogP contribution < -0.4 is 0 Å². The first-order valence-corrected chi connectivity index (χ1v) is 13.5. The number of aryl methyl sites for hydroxylation is 1. The maximum absolute atomic E-state index is 13.2. The highest BCUT2D eigenvalue weighted by molar-refractivity contribution is 5.76. The molecule has 2 aromatic rings. The van der Waals surface area contributed by atoms with Crippen molar-refractivity contribution >= 4 is 5.91 Å². The van der Waals surface area contributed by atoms with Gasteiger partial charge in [-0.1, -0.05) is 55.0 Å². The summed E-state index contributed by atoms with van der Waals surface area (Å²) in [7, 11) is 1.91. The molecule has 194 valence electrons. The van der Waals surface area contributed by atoms with Gasteiger partial charge in [-0.25, -0.2) is 0 Å². The molecule has 2 aliphatic rings. The fourth-order valence-corrected chi connectivity index (χ4v) is 6.52. The molecule has 1 saturated carbocycles. The van der Waals surface area contributed by atoms with E-state index in [9.17, 15) is 15.0 Å². The van der Waals surface area contributed by atoms with Crippen LogP contribution in [0.3, 0.4) is 0 Å². The van der Waals surface area contributed by atoms with E-state index in [0.29, 0.717) is 12.8 Å². The van der Waals surface area contributed by atoms with Crippen LogP contribution >= 0.6 is 0 Å². The second-order valence-corrected chi connectivity index (χ2v) is 10.8. The van der Waals surface area contributed by atoms with Crippen LogP contribution in [0.15, 0.2) is 67.3 Å². The molecule has 2 N–H and O–H groups in total. The average Bonchev–Trinajstić information content (AvgIpc) is 2.89. The Morgan fingerprint density at radius 2 is 1.97 bits per heavy atom. The van der Waals surface area contributed by atoms with Crippen molar-refractivity contribution in [2.45, 2.75) is 68.9 Å². The smallest absolute Gasteiger partial charge is 0.222 e. The number of nitrogens with zero attached hydrogens (tertiary/aromatic N) is 2. The Morgan fingerprint density at radius 1 is 1.17 bits per heavy atom. The van der Waals surface area contributed by atoms with E-state index in [0.717, 1.165) is 63.7 Å². The van der Waals surface area contributed by atoms with E-state index in [1.807, 2.05) is 36.2 Å². The van der Waals surface area contributed by atoms with Crippen molar-refractivity contribution in [3.05, 3.63) is 78.4 Å². The van der Waals surface area contributed by atoms with Crippen LogP contribution in [0.5, 0.6) is 5.75 Å². The normalized spacial score (nSPS) is 26.2. The minimum absolute atomic E-state index is 0.0126. The second-order valence-electron chi connectivity index (χ2n) is 10.8. The van der Waals surface area contributed by atoms with Gasteiger partial charge in [0.25, 0.3) is 0 Å². The molecule has 1 amide bonds. The molecule has 0 bridgehead atoms. The van der Waals surface area contributed by atoms with Gasteiger partial charge >= 0.3 is 0 Å². The zero-order chi connectivity index (χ0) is 25.5. The lowest BCUT2D eigenvalue weighted by Crippen LogP contribution is -2.61. The highest BCUT2D eigenvalue weighted by atomic mass is 16.3. The monoisotopic (exact) mass is 490 g/mol. The van der Waals surface area contributed by atoms with Crippen LogP contribution in [0.2, 0.25) is 0 Å². The fraction of sp³-hybridized carbons (Fsp3) is 0.516. The molecule has 5 heteroatoms. The van der Waals surface area contributed by atoms with Crippen molar-refractivity contribution in [1.29, 1.82) is 0 Å². The number of piperidine rings is 1. The van der Waals surface area contributed by atoms with Gasteiger partial charge < -0.3 is 15.1 Å². The average molecular weight is 491 g/mol. The fourth-order valence-electron chi connectivity index (χ4n) is 6.52. The predicted molar refractivity (Wildman–Crippen MR) is 145 cm³/mol. The highest BCUT2D eigenvalue weighted by Crippen LogP contribution is 2.50. The molecule has 2 aromatic carbocycles. The van der Waals surface area contributed by atoms with Crippen LogP contribution in [0.1, 0.15) is 56.1 Å². The first-order valence-electron chi connectivity index (χ1n) is 13.5. The van der Waals surface area contributed by atoms with Crippen LogP contribution in [0, 0.1) is 5.92 Å². The van der Waals surface area contributed by atoms with Gasteiger partial charge in [-0.3, -0.25) is 9.69 Å². The van der Waals surface area contributed by atoms with Gasteiger partial charge in [0.05, 0.1) is 6.10 Å². The third-order valence-electron chi connectivity index (χ3n) is 8.57. The van der Waals surface area contributed by atoms with E-state index in [1.54, 1.807) is 6.07 Å². The quantitative estimate of drug-likeness (QED) is 0.366. The molecule has 0 aromatic heterocycles. The first kappa shape index (κ1) is 26.4. The van der Waals surface area contributed by atoms with Gasteiger partial charge in [0.2, 0.25) is 5.91 Å². The number of aromatic hydroxyl groups is 1. The molecule has 1 heterocycles. The second kappa shape index (κ2) is 12.1. The van der Waals surface area contributed by atoms with E-state index >= 15 is 0 Å². The summed E-state index contributed by atoms with van der Waals surface area (Å²) >= 11 is 0. The molecular weight excluding hydrogens is 448 g/mol. The van der Waals surface area contributed by atoms with Crippen molar-refractivity contribution in [3.63, 3.8) is 0 Å². The number of fused-ring (bicyclic) bond motifs is 1. The van der Waals surface area contributed by atoms with Crippen LogP contribution in [0.4, 0.5) is 0 Å². The van der Waals surface area contributed by atoms with Gasteiger partial charge in [0.15, 0.2) is 0 Å². The van der Waals surface area contributed by atoms with Crippen LogP contribution in [-0.2, 0) is 16.6 Å². The lowest BCUT2D eigenvalue weighted by atomic mass is 9.56. The molecule has 0 spiro atoms. The lowest BCUT2D eigenvalue weighted by Gasteiger charge is -2.56. The number of aliphatic hydroxyl groups excluding tert-OH is 1. The summed E-state index contributed by atoms with van der Waals surface area (Å²) in [6, 6.07) is 18.0. The number of carbonyl (C=O) groups is 1. The number of benzene rings is 2. The number of phenols is 1. The molecule has 5 nitrogen and oxygen atoms in total. The summed E-state index contributed by atoms with van der Waals surface area (Å²) < 4.78 is 0. The Bertz CT molecular complexity index is 1010. The van der Waals surface area contributed by atoms with Gasteiger partial charge in [0, 0.05) is 43.9 Å². The molecule has 1 unspecified atom stereocenters. The van der Waals surface area contributed by atoms with Crippen molar-refractivity contribution < 1.29 is 15.0 Å². The molecular formula is C31H42N2O3. The minimum atomic E-state index is -0.500. The van der Waals surface area contributed by atoms with Gasteiger partial charge in [-0.05, 0) is 68.3 Å². The number of phenolic OH excluding ortho intramolecular Hbond substituents is 1. The Kier molecular flexibility index (Phi) is 8.86. The molecule has 4 rings (SSSR count). The zero-order valence-electron chi connectivity index (χ0n) is 21.7. The number of hydrogen-bond acceptors (Lipinski definition) is 4. The topological polar surface area (TPSA) is 64.0 Å². The number of likely N-dealkylation sites (tertiary alicyclic amines) is 1. The van der Waals surface area contributed by atoms with Gasteiger partial charge in [-0.2, -0.15) is 0 Å². The minimum Gasteiger partial charge on any atom is -0.508 e. The summed E-state index contributed by atoms with van der Waals surface area (Å²) in [5.74, 6) is 0.483. The van der Waals surface area contributed by atoms with Crippen molar-refractivity contribution in [2.24, 2.45) is 5.92 Å². The summed E-state index contributed by atoms with van der Waals surface area (Å²) in [5.41, 5.74) is 2.17. The Labute approximate surface area is 216 Å². The van der Waals surface area contributed by atoms with Gasteiger partial charge in [-0.15, -0.1) is 6.58 Å². The Hall–Kier alpha value is -2.63. The van der Waals surface area contributed by atoms with Gasteiger partial charge in [0.1, 0.15) is 5.75 Å². The van der Waals surface area contributed by atoms with E-state index in [-0.39, 0.29) is 29.0 Å². The summed E-state index contributed by atoms with van der Waals surface area (Å²) in [5, 5.41) is 21.6. The number of carbonyl (C=O) groups excluding carboxylic acids is 1. The summed E-state index contributed by atoms with van der Waals surface area (Å²) in [6.07, 6.45) is 8.35. The highest BCUT2D eigenvalue weighted by Gasteiger charge is 2.52. The number of hydrogen-bond donors (Lipinski definition) is 2. The molecule has 4 atom stereocenters. The molecule has 1 saturated heterocycles. The molecule has 0 radical (unpaired) electrons. The van der Waals surface area contributed by atoms with E-state index in [4.69, 9.17) is 0 Å². The zero-order valence-corrected chi connectivity index (χ0v) is 21.7. The Morgan fingerprint density at radius 3 is 2.72 bits per heavy atom. The number of unbranched alkanes of at least 4 members (excludes halogenated alkanes) is 2. The third kappa shape index (κ3) is 6.01. The SMILES string of the molecule is C=CCN1CC[C@@]2(c3cccc(O)c3)C[C@@H](N(C)C(=O)CCCCCc3ccccc3)CC(O)[C@@H]2C1. The lowest BCUT2D eigenvalue weighted by molar-refractivity contribution is -0.136. The molecule has 36 heavy (non-hydrogen) atoms. The Balaban J connectivity index is 1.41. The molecule has 2 fully saturated rings. The summed E-state index contributed by atoms with van der Waals surface area (Å²) in [6.45, 7) is 6.41. The molecule has 1 aliphatic carbocycles. The number of amides is 1.